The molecule has 2 aromatic carbocycles. The van der Waals surface area contributed by atoms with E-state index in [4.69, 9.17) is 4.42 Å². The number of hydrogen-bond acceptors (Lipinski definition) is 3. The zero-order chi connectivity index (χ0) is 15.1. The van der Waals surface area contributed by atoms with Crippen molar-refractivity contribution in [3.05, 3.63) is 57.7 Å². The van der Waals surface area contributed by atoms with E-state index < -0.39 is 11.9 Å². The average Bonchev–Trinajstić information content (AvgIpc) is 2.47. The molecule has 0 bridgehead atoms. The maximum absolute atomic E-state index is 12.6. The molecule has 0 saturated heterocycles. The van der Waals surface area contributed by atoms with Gasteiger partial charge in [-0.1, -0.05) is 24.3 Å². The van der Waals surface area contributed by atoms with Crippen molar-refractivity contribution in [1.29, 1.82) is 0 Å². The first-order valence-electron chi connectivity index (χ1n) is 6.68. The van der Waals surface area contributed by atoms with E-state index in [0.717, 1.165) is 5.56 Å². The summed E-state index contributed by atoms with van der Waals surface area (Å²) in [6, 6.07) is 10.4. The third-order valence-electron chi connectivity index (χ3n) is 3.79. The molecule has 0 aliphatic rings. The van der Waals surface area contributed by atoms with Gasteiger partial charge in [0.25, 0.3) is 0 Å². The van der Waals surface area contributed by atoms with Gasteiger partial charge in [0.05, 0.1) is 16.7 Å². The SMILES string of the molecule is Cc1cccc2c(=O)c3cccc([C@@H](C)C(=O)O)c3oc12.[Na+]. The van der Waals surface area contributed by atoms with Crippen LogP contribution in [-0.4, -0.2) is 11.1 Å². The molecular formula is C17H14NaO4+. The van der Waals surface area contributed by atoms with Crippen LogP contribution >= 0.6 is 0 Å². The van der Waals surface area contributed by atoms with Crippen LogP contribution in [0.1, 0.15) is 24.0 Å². The summed E-state index contributed by atoms with van der Waals surface area (Å²) in [4.78, 5) is 23.8. The summed E-state index contributed by atoms with van der Waals surface area (Å²) in [5.74, 6) is -1.69. The Morgan fingerprint density at radius 3 is 2.32 bits per heavy atom. The van der Waals surface area contributed by atoms with Crippen LogP contribution in [0.25, 0.3) is 21.9 Å². The van der Waals surface area contributed by atoms with E-state index in [2.05, 4.69) is 0 Å². The second kappa shape index (κ2) is 6.24. The van der Waals surface area contributed by atoms with E-state index in [1.54, 1.807) is 31.2 Å². The summed E-state index contributed by atoms with van der Waals surface area (Å²) in [5.41, 5.74) is 2.11. The molecule has 1 heterocycles. The largest absolute Gasteiger partial charge is 1.00 e. The summed E-state index contributed by atoms with van der Waals surface area (Å²) in [6.45, 7) is 3.44. The zero-order valence-electron chi connectivity index (χ0n) is 12.7. The van der Waals surface area contributed by atoms with Crippen molar-refractivity contribution in [2.45, 2.75) is 19.8 Å². The van der Waals surface area contributed by atoms with Gasteiger partial charge in [-0.25, -0.2) is 0 Å². The fraction of sp³-hybridized carbons (Fsp3) is 0.176. The minimum Gasteiger partial charge on any atom is -0.481 e. The predicted molar refractivity (Wildman–Crippen MR) is 80.8 cm³/mol. The van der Waals surface area contributed by atoms with E-state index in [9.17, 15) is 14.7 Å². The van der Waals surface area contributed by atoms with Crippen LogP contribution < -0.4 is 35.0 Å². The van der Waals surface area contributed by atoms with Crippen molar-refractivity contribution < 1.29 is 43.9 Å². The van der Waals surface area contributed by atoms with Crippen LogP contribution in [0.5, 0.6) is 0 Å². The minimum atomic E-state index is -0.949. The predicted octanol–water partition coefficient (Wildman–Crippen LogP) is 0.447. The minimum absolute atomic E-state index is 0. The van der Waals surface area contributed by atoms with Gasteiger partial charge in [-0.2, -0.15) is 0 Å². The molecule has 0 amide bonds. The normalized spacial score (nSPS) is 12.1. The molecule has 0 spiro atoms. The number of carbonyl (C=O) groups is 1. The molecule has 4 nitrogen and oxygen atoms in total. The number of para-hydroxylation sites is 2. The van der Waals surface area contributed by atoms with Gasteiger partial charge in [-0.05, 0) is 31.5 Å². The topological polar surface area (TPSA) is 67.5 Å². The number of aliphatic carboxylic acids is 1. The zero-order valence-corrected chi connectivity index (χ0v) is 14.7. The first-order chi connectivity index (χ1) is 10.0. The van der Waals surface area contributed by atoms with Gasteiger partial charge in [0.1, 0.15) is 11.2 Å². The third-order valence-corrected chi connectivity index (χ3v) is 3.79. The summed E-state index contributed by atoms with van der Waals surface area (Å²) >= 11 is 0. The Balaban J connectivity index is 0.00000176. The Labute approximate surface area is 149 Å². The fourth-order valence-corrected chi connectivity index (χ4v) is 2.54. The molecule has 0 radical (unpaired) electrons. The van der Waals surface area contributed by atoms with Gasteiger partial charge >= 0.3 is 35.5 Å². The maximum Gasteiger partial charge on any atom is 1.00 e. The number of rotatable bonds is 2. The van der Waals surface area contributed by atoms with Crippen molar-refractivity contribution in [2.75, 3.05) is 0 Å². The molecule has 1 atom stereocenters. The van der Waals surface area contributed by atoms with Crippen LogP contribution in [-0.2, 0) is 4.79 Å². The second-order valence-corrected chi connectivity index (χ2v) is 5.17. The van der Waals surface area contributed by atoms with Crippen molar-refractivity contribution in [3.8, 4) is 0 Å². The van der Waals surface area contributed by atoms with Crippen LogP contribution in [0.4, 0.5) is 0 Å². The van der Waals surface area contributed by atoms with Crippen molar-refractivity contribution in [2.24, 2.45) is 0 Å². The molecule has 106 valence electrons. The first-order valence-corrected chi connectivity index (χ1v) is 6.68. The van der Waals surface area contributed by atoms with Crippen molar-refractivity contribution >= 4 is 27.9 Å². The second-order valence-electron chi connectivity index (χ2n) is 5.17. The molecule has 1 N–H and O–H groups in total. The first kappa shape index (κ1) is 16.7. The Hall–Kier alpha value is -1.62. The summed E-state index contributed by atoms with van der Waals surface area (Å²) in [7, 11) is 0. The Morgan fingerprint density at radius 1 is 1.09 bits per heavy atom. The standard InChI is InChI=1S/C17H14O4.Na/c1-9-5-3-7-12-14(18)13-8-4-6-11(10(2)17(19)20)16(13)21-15(9)12;/h3-8,10H,1-2H3,(H,19,20);/q;+1/t10-;/m1./s1. The number of aryl methyl sites for hydroxylation is 1. The van der Waals surface area contributed by atoms with Crippen LogP contribution in [0.15, 0.2) is 45.6 Å². The fourth-order valence-electron chi connectivity index (χ4n) is 2.54. The van der Waals surface area contributed by atoms with Crippen LogP contribution in [0.2, 0.25) is 0 Å². The van der Waals surface area contributed by atoms with Gasteiger partial charge in [0, 0.05) is 5.56 Å². The molecular weight excluding hydrogens is 291 g/mol. The van der Waals surface area contributed by atoms with Crippen molar-refractivity contribution in [1.82, 2.24) is 0 Å². The Kier molecular flexibility index (Phi) is 4.75. The molecule has 3 aromatic rings. The number of fused-ring (bicyclic) bond motifs is 2. The van der Waals surface area contributed by atoms with E-state index >= 15 is 0 Å². The molecule has 1 aromatic heterocycles. The maximum atomic E-state index is 12.6. The molecule has 22 heavy (non-hydrogen) atoms. The average molecular weight is 305 g/mol. The molecule has 0 unspecified atom stereocenters. The number of benzene rings is 2. The smallest absolute Gasteiger partial charge is 0.481 e. The van der Waals surface area contributed by atoms with Gasteiger partial charge < -0.3 is 9.52 Å². The monoisotopic (exact) mass is 305 g/mol. The molecule has 0 aliphatic heterocycles. The van der Waals surface area contributed by atoms with Crippen LogP contribution in [0.3, 0.4) is 0 Å². The van der Waals surface area contributed by atoms with E-state index in [0.29, 0.717) is 27.5 Å². The molecule has 5 heteroatoms. The summed E-state index contributed by atoms with van der Waals surface area (Å²) < 4.78 is 5.90. The Morgan fingerprint density at radius 2 is 1.68 bits per heavy atom. The van der Waals surface area contributed by atoms with Gasteiger partial charge in [0.15, 0.2) is 0 Å². The molecule has 0 saturated carbocycles. The van der Waals surface area contributed by atoms with Gasteiger partial charge in [-0.15, -0.1) is 0 Å². The van der Waals surface area contributed by atoms with Gasteiger partial charge in [0.2, 0.25) is 5.43 Å². The van der Waals surface area contributed by atoms with E-state index in [-0.39, 0.29) is 35.0 Å². The van der Waals surface area contributed by atoms with Crippen LogP contribution in [0, 0.1) is 6.92 Å². The summed E-state index contributed by atoms with van der Waals surface area (Å²) in [6.07, 6.45) is 0. The number of carboxylic acids is 1. The number of carboxylic acid groups (broad SMARTS) is 1. The van der Waals surface area contributed by atoms with E-state index in [1.807, 2.05) is 19.1 Å². The third kappa shape index (κ3) is 2.58. The molecule has 0 fully saturated rings. The molecule has 0 aliphatic carbocycles. The molecule has 3 rings (SSSR count). The quantitative estimate of drug-likeness (QED) is 0.551. The van der Waals surface area contributed by atoms with Crippen molar-refractivity contribution in [3.63, 3.8) is 0 Å². The van der Waals surface area contributed by atoms with E-state index in [1.165, 1.54) is 0 Å². The number of hydrogen-bond donors (Lipinski definition) is 1. The summed E-state index contributed by atoms with van der Waals surface area (Å²) in [5, 5.41) is 10.1. The Bertz CT molecular complexity index is 927. The van der Waals surface area contributed by atoms with Gasteiger partial charge in [-0.3, -0.25) is 9.59 Å².